The Morgan fingerprint density at radius 1 is 1.33 bits per heavy atom. The Hall–Kier alpha value is -0.760. The Bertz CT molecular complexity index is 367. The molecule has 1 fully saturated rings. The van der Waals surface area contributed by atoms with Gasteiger partial charge in [-0.2, -0.15) is 0 Å². The third-order valence-corrected chi connectivity index (χ3v) is 4.51. The Morgan fingerprint density at radius 3 is 2.56 bits per heavy atom. The van der Waals surface area contributed by atoms with Crippen molar-refractivity contribution in [1.82, 2.24) is 5.32 Å². The highest BCUT2D eigenvalue weighted by atomic mass is 16.3. The molecule has 0 bridgehead atoms. The standard InChI is InChI=1S/C16H27NO/c1-5-13(6-2)12(4)17-10-14-7-8-16(18-14)15-9-11(15)3/h7-8,11-13,15,17H,5-6,9-10H2,1-4H3. The highest BCUT2D eigenvalue weighted by molar-refractivity contribution is 5.17. The van der Waals surface area contributed by atoms with E-state index in [0.29, 0.717) is 12.0 Å². The maximum atomic E-state index is 5.91. The van der Waals surface area contributed by atoms with Crippen LogP contribution in [0.25, 0.3) is 0 Å². The minimum atomic E-state index is 0.563. The molecule has 3 atom stereocenters. The van der Waals surface area contributed by atoms with Crippen LogP contribution in [0.15, 0.2) is 16.5 Å². The first-order valence-corrected chi connectivity index (χ1v) is 7.47. The monoisotopic (exact) mass is 249 g/mol. The molecule has 102 valence electrons. The summed E-state index contributed by atoms with van der Waals surface area (Å²) >= 11 is 0. The molecule has 0 aromatic carbocycles. The second kappa shape index (κ2) is 5.92. The molecule has 1 aliphatic carbocycles. The van der Waals surface area contributed by atoms with Gasteiger partial charge in [0, 0.05) is 12.0 Å². The third-order valence-electron chi connectivity index (χ3n) is 4.51. The van der Waals surface area contributed by atoms with Crippen LogP contribution in [0.5, 0.6) is 0 Å². The lowest BCUT2D eigenvalue weighted by molar-refractivity contribution is 0.337. The zero-order chi connectivity index (χ0) is 13.1. The van der Waals surface area contributed by atoms with Gasteiger partial charge in [-0.25, -0.2) is 0 Å². The Labute approximate surface area is 111 Å². The number of hydrogen-bond donors (Lipinski definition) is 1. The largest absolute Gasteiger partial charge is 0.464 e. The van der Waals surface area contributed by atoms with Crippen LogP contribution < -0.4 is 5.32 Å². The first kappa shape index (κ1) is 13.7. The SMILES string of the molecule is CCC(CC)C(C)NCc1ccc(C2CC2C)o1. The maximum absolute atomic E-state index is 5.91. The number of furan rings is 1. The average Bonchev–Trinajstić information content (AvgIpc) is 2.92. The second-order valence-corrected chi connectivity index (χ2v) is 5.87. The van der Waals surface area contributed by atoms with Gasteiger partial charge in [0.1, 0.15) is 11.5 Å². The van der Waals surface area contributed by atoms with Crippen LogP contribution in [-0.2, 0) is 6.54 Å². The van der Waals surface area contributed by atoms with E-state index in [1.54, 1.807) is 0 Å². The molecule has 1 saturated carbocycles. The Morgan fingerprint density at radius 2 is 2.00 bits per heavy atom. The summed E-state index contributed by atoms with van der Waals surface area (Å²) in [4.78, 5) is 0. The van der Waals surface area contributed by atoms with Crippen molar-refractivity contribution in [3.63, 3.8) is 0 Å². The molecule has 0 spiro atoms. The van der Waals surface area contributed by atoms with Crippen molar-refractivity contribution in [2.75, 3.05) is 0 Å². The molecule has 1 N–H and O–H groups in total. The van der Waals surface area contributed by atoms with Crippen molar-refractivity contribution in [3.05, 3.63) is 23.7 Å². The van der Waals surface area contributed by atoms with Crippen LogP contribution in [0, 0.1) is 11.8 Å². The lowest BCUT2D eigenvalue weighted by Gasteiger charge is -2.22. The zero-order valence-corrected chi connectivity index (χ0v) is 12.2. The van der Waals surface area contributed by atoms with Crippen molar-refractivity contribution in [2.24, 2.45) is 11.8 Å². The lowest BCUT2D eigenvalue weighted by atomic mass is 9.95. The van der Waals surface area contributed by atoms with Gasteiger partial charge in [-0.1, -0.05) is 33.6 Å². The molecule has 2 nitrogen and oxygen atoms in total. The summed E-state index contributed by atoms with van der Waals surface area (Å²) in [6.45, 7) is 9.97. The van der Waals surface area contributed by atoms with Gasteiger partial charge in [0.15, 0.2) is 0 Å². The van der Waals surface area contributed by atoms with E-state index in [0.717, 1.165) is 24.1 Å². The highest BCUT2D eigenvalue weighted by Gasteiger charge is 2.36. The summed E-state index contributed by atoms with van der Waals surface area (Å²) in [5.41, 5.74) is 0. The smallest absolute Gasteiger partial charge is 0.117 e. The molecule has 1 heterocycles. The van der Waals surface area contributed by atoms with Crippen molar-refractivity contribution < 1.29 is 4.42 Å². The quantitative estimate of drug-likeness (QED) is 0.778. The normalized spacial score (nSPS) is 24.5. The van der Waals surface area contributed by atoms with E-state index >= 15 is 0 Å². The molecule has 0 radical (unpaired) electrons. The molecule has 2 heteroatoms. The first-order valence-electron chi connectivity index (χ1n) is 7.47. The number of nitrogens with one attached hydrogen (secondary N) is 1. The minimum absolute atomic E-state index is 0.563. The molecule has 18 heavy (non-hydrogen) atoms. The predicted octanol–water partition coefficient (Wildman–Crippen LogP) is 4.32. The van der Waals surface area contributed by atoms with Gasteiger partial charge in [0.2, 0.25) is 0 Å². The molecule has 3 unspecified atom stereocenters. The average molecular weight is 249 g/mol. The van der Waals surface area contributed by atoms with E-state index in [4.69, 9.17) is 4.42 Å². The van der Waals surface area contributed by atoms with E-state index in [-0.39, 0.29) is 0 Å². The molecule has 1 aliphatic rings. The molecule has 0 aliphatic heterocycles. The van der Waals surface area contributed by atoms with Crippen molar-refractivity contribution >= 4 is 0 Å². The third kappa shape index (κ3) is 3.17. The number of rotatable bonds is 7. The van der Waals surface area contributed by atoms with E-state index in [9.17, 15) is 0 Å². The summed E-state index contributed by atoms with van der Waals surface area (Å²) in [5.74, 6) is 4.55. The predicted molar refractivity (Wildman–Crippen MR) is 75.6 cm³/mol. The van der Waals surface area contributed by atoms with Crippen LogP contribution in [0.3, 0.4) is 0 Å². The summed E-state index contributed by atoms with van der Waals surface area (Å²) in [5, 5.41) is 3.59. The van der Waals surface area contributed by atoms with Crippen LogP contribution in [0.1, 0.15) is 64.4 Å². The summed E-state index contributed by atoms with van der Waals surface area (Å²) < 4.78 is 5.91. The van der Waals surface area contributed by atoms with E-state index in [1.165, 1.54) is 25.0 Å². The van der Waals surface area contributed by atoms with Crippen molar-refractivity contribution in [1.29, 1.82) is 0 Å². The summed E-state index contributed by atoms with van der Waals surface area (Å²) in [6, 6.07) is 4.85. The van der Waals surface area contributed by atoms with Crippen molar-refractivity contribution in [2.45, 2.75) is 65.5 Å². The number of hydrogen-bond acceptors (Lipinski definition) is 2. The van der Waals surface area contributed by atoms with E-state index in [2.05, 4.69) is 45.1 Å². The first-order chi connectivity index (χ1) is 8.65. The maximum Gasteiger partial charge on any atom is 0.117 e. The molecule has 1 aromatic heterocycles. The fourth-order valence-corrected chi connectivity index (χ4v) is 2.83. The minimum Gasteiger partial charge on any atom is -0.464 e. The van der Waals surface area contributed by atoms with E-state index in [1.807, 2.05) is 0 Å². The fraction of sp³-hybridized carbons (Fsp3) is 0.750. The van der Waals surface area contributed by atoms with Gasteiger partial charge in [0.25, 0.3) is 0 Å². The molecule has 1 aromatic rings. The van der Waals surface area contributed by atoms with Crippen LogP contribution >= 0.6 is 0 Å². The second-order valence-electron chi connectivity index (χ2n) is 5.87. The molecule has 0 amide bonds. The van der Waals surface area contributed by atoms with E-state index < -0.39 is 0 Å². The van der Waals surface area contributed by atoms with Gasteiger partial charge >= 0.3 is 0 Å². The summed E-state index contributed by atoms with van der Waals surface area (Å²) in [6.07, 6.45) is 3.78. The van der Waals surface area contributed by atoms with Crippen LogP contribution in [0.2, 0.25) is 0 Å². The Balaban J connectivity index is 1.81. The van der Waals surface area contributed by atoms with Crippen LogP contribution in [-0.4, -0.2) is 6.04 Å². The van der Waals surface area contributed by atoms with Gasteiger partial charge in [-0.15, -0.1) is 0 Å². The molecular formula is C16H27NO. The van der Waals surface area contributed by atoms with Gasteiger partial charge in [0.05, 0.1) is 6.54 Å². The lowest BCUT2D eigenvalue weighted by Crippen LogP contribution is -2.32. The molecule has 2 rings (SSSR count). The Kier molecular flexibility index (Phi) is 4.50. The van der Waals surface area contributed by atoms with Gasteiger partial charge < -0.3 is 9.73 Å². The topological polar surface area (TPSA) is 25.2 Å². The fourth-order valence-electron chi connectivity index (χ4n) is 2.83. The van der Waals surface area contributed by atoms with Gasteiger partial charge in [-0.05, 0) is 37.3 Å². The zero-order valence-electron chi connectivity index (χ0n) is 12.2. The molecule has 0 saturated heterocycles. The summed E-state index contributed by atoms with van der Waals surface area (Å²) in [7, 11) is 0. The van der Waals surface area contributed by atoms with Crippen LogP contribution in [0.4, 0.5) is 0 Å². The molecular weight excluding hydrogens is 222 g/mol. The highest BCUT2D eigenvalue weighted by Crippen LogP contribution is 2.47. The van der Waals surface area contributed by atoms with Gasteiger partial charge in [-0.3, -0.25) is 0 Å². The van der Waals surface area contributed by atoms with Crippen molar-refractivity contribution in [3.8, 4) is 0 Å².